The maximum absolute atomic E-state index is 13.1. The van der Waals surface area contributed by atoms with Gasteiger partial charge in [0.1, 0.15) is 19.3 Å². The third-order valence-electron chi connectivity index (χ3n) is 14.5. The van der Waals surface area contributed by atoms with Crippen LogP contribution in [-0.4, -0.2) is 96.7 Å². The number of rotatable bonds is 67. The molecule has 0 aromatic rings. The van der Waals surface area contributed by atoms with Crippen molar-refractivity contribution in [2.24, 2.45) is 0 Å². The molecule has 0 aromatic carbocycles. The highest BCUT2D eigenvalue weighted by Gasteiger charge is 2.30. The number of hydrogen-bond acceptors (Lipinski definition) is 15. The third-order valence-corrected chi connectivity index (χ3v) is 16.4. The minimum absolute atomic E-state index is 0.0528. The summed E-state index contributed by atoms with van der Waals surface area (Å²) in [6, 6.07) is 0. The summed E-state index contributed by atoms with van der Waals surface area (Å²) < 4.78 is 68.2. The maximum atomic E-state index is 13.1. The molecule has 0 radical (unpaired) electrons. The molecular weight excluding hydrogens is 1280 g/mol. The Morgan fingerprint density at radius 3 is 0.969 bits per heavy atom. The molecule has 0 spiro atoms. The van der Waals surface area contributed by atoms with Crippen LogP contribution in [0.2, 0.25) is 0 Å². The van der Waals surface area contributed by atoms with Crippen LogP contribution >= 0.6 is 15.6 Å². The van der Waals surface area contributed by atoms with Gasteiger partial charge in [-0.05, 0) is 148 Å². The molecule has 0 bridgehead atoms. The fourth-order valence-corrected chi connectivity index (χ4v) is 10.5. The van der Waals surface area contributed by atoms with Gasteiger partial charge in [0.25, 0.3) is 0 Å². The largest absolute Gasteiger partial charge is 0.472 e. The molecule has 17 nitrogen and oxygen atoms in total. The number of aliphatic hydroxyl groups is 1. The molecule has 0 heterocycles. The van der Waals surface area contributed by atoms with E-state index in [0.29, 0.717) is 25.7 Å². The molecule has 5 atom stereocenters. The van der Waals surface area contributed by atoms with Crippen molar-refractivity contribution in [1.82, 2.24) is 0 Å². The van der Waals surface area contributed by atoms with Gasteiger partial charge in [-0.1, -0.05) is 243 Å². The highest BCUT2D eigenvalue weighted by atomic mass is 31.2. The average Bonchev–Trinajstić information content (AvgIpc) is 0.959. The average molecular weight is 1410 g/mol. The van der Waals surface area contributed by atoms with E-state index in [2.05, 4.69) is 161 Å². The Bertz CT molecular complexity index is 2480. The molecule has 0 aliphatic rings. The molecule has 3 N–H and O–H groups in total. The first-order chi connectivity index (χ1) is 47.7. The summed E-state index contributed by atoms with van der Waals surface area (Å²) in [5, 5.41) is 10.6. The number of allylic oxidation sites excluding steroid dienone is 25. The molecule has 19 heteroatoms. The van der Waals surface area contributed by atoms with E-state index in [-0.39, 0.29) is 25.7 Å². The Labute approximate surface area is 591 Å². The topological polar surface area (TPSA) is 237 Å². The first-order valence-electron chi connectivity index (χ1n) is 36.7. The lowest BCUT2D eigenvalue weighted by atomic mass is 10.1. The maximum Gasteiger partial charge on any atom is 0.472 e. The molecule has 0 aliphatic heterocycles. The lowest BCUT2D eigenvalue weighted by Crippen LogP contribution is -2.30. The molecule has 0 aliphatic carbocycles. The second-order valence-corrected chi connectivity index (χ2v) is 26.7. The lowest BCUT2D eigenvalue weighted by Gasteiger charge is -2.21. The normalized spacial score (nSPS) is 14.9. The van der Waals surface area contributed by atoms with Crippen LogP contribution in [-0.2, 0) is 65.4 Å². The van der Waals surface area contributed by atoms with Gasteiger partial charge in [0.15, 0.2) is 12.2 Å². The van der Waals surface area contributed by atoms with Crippen molar-refractivity contribution in [3.63, 3.8) is 0 Å². The molecule has 0 fully saturated rings. The zero-order valence-corrected chi connectivity index (χ0v) is 62.2. The van der Waals surface area contributed by atoms with E-state index < -0.39 is 97.5 Å². The number of carbonyl (C=O) groups excluding carboxylic acids is 4. The van der Waals surface area contributed by atoms with Crippen LogP contribution in [0.3, 0.4) is 0 Å². The van der Waals surface area contributed by atoms with Crippen molar-refractivity contribution in [2.75, 3.05) is 39.6 Å². The summed E-state index contributed by atoms with van der Waals surface area (Å²) in [6.45, 7) is 4.32. The van der Waals surface area contributed by atoms with Crippen LogP contribution < -0.4 is 0 Å². The highest BCUT2D eigenvalue weighted by Crippen LogP contribution is 2.45. The summed E-state index contributed by atoms with van der Waals surface area (Å²) >= 11 is 0. The monoisotopic (exact) mass is 1410 g/mol. The Balaban J connectivity index is 5.49. The van der Waals surface area contributed by atoms with Gasteiger partial charge in [-0.15, -0.1) is 0 Å². The lowest BCUT2D eigenvalue weighted by molar-refractivity contribution is -0.161. The molecule has 0 saturated heterocycles. The van der Waals surface area contributed by atoms with Gasteiger partial charge in [0.2, 0.25) is 0 Å². The van der Waals surface area contributed by atoms with E-state index in [1.165, 1.54) is 19.3 Å². The van der Waals surface area contributed by atoms with Gasteiger partial charge in [0, 0.05) is 19.3 Å². The van der Waals surface area contributed by atoms with E-state index in [9.17, 15) is 43.2 Å². The molecule has 0 saturated carbocycles. The summed E-state index contributed by atoms with van der Waals surface area (Å²) in [5.74, 6) is -2.42. The zero-order chi connectivity index (χ0) is 71.8. The van der Waals surface area contributed by atoms with Gasteiger partial charge in [-0.25, -0.2) is 9.13 Å². The SMILES string of the molecule is CC/C=C\C/C=C\C/C=C\C/C=C\C/C=C\CC(=O)OCC(COP(=O)(O)OCC(O)COP(=O)(O)OCC(COC(=O)CCCC/C=C\C/C=C\C/C=C\C/C=C\CC)OC(=O)CCCCCCC/C=C\C/C=C\CCCCC)OC(=O)CCCCCCC/C=C\C/C=C\CCC. The van der Waals surface area contributed by atoms with Crippen LogP contribution in [0.1, 0.15) is 259 Å². The molecule has 98 heavy (non-hydrogen) atoms. The number of ether oxygens (including phenoxy) is 4. The van der Waals surface area contributed by atoms with Gasteiger partial charge >= 0.3 is 39.5 Å². The Morgan fingerprint density at radius 1 is 0.306 bits per heavy atom. The first kappa shape index (κ1) is 92.7. The first-order valence-corrected chi connectivity index (χ1v) is 39.7. The van der Waals surface area contributed by atoms with Crippen LogP contribution in [0.15, 0.2) is 158 Å². The van der Waals surface area contributed by atoms with E-state index >= 15 is 0 Å². The predicted octanol–water partition coefficient (Wildman–Crippen LogP) is 20.9. The van der Waals surface area contributed by atoms with E-state index in [1.54, 1.807) is 6.08 Å². The quantitative estimate of drug-likeness (QED) is 0.0169. The summed E-state index contributed by atoms with van der Waals surface area (Å²) in [7, 11) is -10.0. The molecule has 556 valence electrons. The standard InChI is InChI=1S/C79H128O17P2/c1-5-9-13-17-21-25-29-33-36-40-43-47-51-55-59-63-76(81)89-69-74(95-78(83)65-61-57-53-49-45-39-32-28-24-20-16-12-8-4)71-93-97(85,86)91-67-73(80)68-92-98(87,88)94-72-75(96-79(84)66-62-58-54-50-46-42-38-35-31-27-23-19-15-11-7-3)70-90-77(82)64-60-56-52-48-44-41-37-34-30-26-22-18-14-10-6-2/h9-10,13-14,16,20-23,25-28,32-38,43-44,47-48,55,59,73-75,80H,5-8,11-12,15,17-19,24,29-31,39-42,45-46,49-54,56-58,60-72H2,1-4H3,(H,85,86)(H,87,88)/b13-9-,14-10-,20-16-,25-21-,26-22-,27-23-,32-28-,36-33-,37-34-,38-35-,47-43-,48-44-,59-55-. The van der Waals surface area contributed by atoms with Crippen LogP contribution in [0.25, 0.3) is 0 Å². The summed E-state index contributed by atoms with van der Waals surface area (Å²) in [6.07, 6.45) is 79.9. The van der Waals surface area contributed by atoms with Crippen molar-refractivity contribution < 1.29 is 80.2 Å². The smallest absolute Gasteiger partial charge is 0.462 e. The van der Waals surface area contributed by atoms with E-state index in [4.69, 9.17) is 37.0 Å². The number of phosphoric ester groups is 2. The van der Waals surface area contributed by atoms with E-state index in [0.717, 1.165) is 161 Å². The molecular formula is C79H128O17P2. The second-order valence-electron chi connectivity index (χ2n) is 23.8. The zero-order valence-electron chi connectivity index (χ0n) is 60.4. The predicted molar refractivity (Wildman–Crippen MR) is 399 cm³/mol. The minimum Gasteiger partial charge on any atom is -0.462 e. The summed E-state index contributed by atoms with van der Waals surface area (Å²) in [5.41, 5.74) is 0. The highest BCUT2D eigenvalue weighted by molar-refractivity contribution is 7.47. The fraction of sp³-hybridized carbons (Fsp3) is 0.620. The fourth-order valence-electron chi connectivity index (χ4n) is 8.94. The van der Waals surface area contributed by atoms with E-state index in [1.807, 2.05) is 18.2 Å². The molecule has 0 amide bonds. The molecule has 0 aromatic heterocycles. The number of aliphatic hydroxyl groups excluding tert-OH is 1. The number of phosphoric acid groups is 2. The Hall–Kier alpha value is -5.32. The Kier molecular flexibility index (Phi) is 66.3. The van der Waals surface area contributed by atoms with Crippen LogP contribution in [0.5, 0.6) is 0 Å². The van der Waals surface area contributed by atoms with Crippen LogP contribution in [0, 0.1) is 0 Å². The van der Waals surface area contributed by atoms with Gasteiger partial charge in [-0.3, -0.25) is 37.3 Å². The number of esters is 4. The van der Waals surface area contributed by atoms with Crippen molar-refractivity contribution in [3.05, 3.63) is 158 Å². The number of unbranched alkanes of at least 4 members (excludes halogenated alkanes) is 16. The van der Waals surface area contributed by atoms with Gasteiger partial charge in [0.05, 0.1) is 32.8 Å². The van der Waals surface area contributed by atoms with Crippen molar-refractivity contribution in [2.45, 2.75) is 277 Å². The molecule has 0 rings (SSSR count). The summed E-state index contributed by atoms with van der Waals surface area (Å²) in [4.78, 5) is 72.7. The number of hydrogen-bond donors (Lipinski definition) is 3. The molecule has 5 unspecified atom stereocenters. The Morgan fingerprint density at radius 2 is 0.592 bits per heavy atom. The van der Waals surface area contributed by atoms with Gasteiger partial charge in [-0.2, -0.15) is 0 Å². The van der Waals surface area contributed by atoms with Crippen molar-refractivity contribution in [1.29, 1.82) is 0 Å². The van der Waals surface area contributed by atoms with Crippen molar-refractivity contribution >= 4 is 39.5 Å². The third kappa shape index (κ3) is 69.2. The van der Waals surface area contributed by atoms with Crippen LogP contribution in [0.4, 0.5) is 0 Å². The second kappa shape index (κ2) is 70.1. The van der Waals surface area contributed by atoms with Crippen molar-refractivity contribution in [3.8, 4) is 0 Å². The minimum atomic E-state index is -5.00. The number of carbonyl (C=O) groups is 4. The van der Waals surface area contributed by atoms with Gasteiger partial charge < -0.3 is 33.8 Å².